The molecule has 2 heterocycles. The fraction of sp³-hybridized carbons (Fsp3) is 0.923. The topological polar surface area (TPSA) is 78.5 Å². The number of hydrogen-bond donors (Lipinski definition) is 2. The number of amides is 1. The standard InChI is InChI=1S/C13H25N3O3S/c1-2-20(18,19)16-8-5-12(6-9-16)15-13(17)11-4-3-7-14-10-11/h11-12,14H,2-10H2,1H3,(H,15,17)/t11-/m1/s1. The van der Waals surface area contributed by atoms with Gasteiger partial charge in [0.05, 0.1) is 11.7 Å². The normalized spacial score (nSPS) is 26.4. The van der Waals surface area contributed by atoms with E-state index >= 15 is 0 Å². The molecule has 6 nitrogen and oxygen atoms in total. The molecule has 2 N–H and O–H groups in total. The third-order valence-electron chi connectivity index (χ3n) is 4.23. The fourth-order valence-corrected chi connectivity index (χ4v) is 3.99. The minimum absolute atomic E-state index is 0.0705. The van der Waals surface area contributed by atoms with E-state index in [4.69, 9.17) is 0 Å². The van der Waals surface area contributed by atoms with E-state index in [2.05, 4.69) is 10.6 Å². The zero-order valence-electron chi connectivity index (χ0n) is 12.1. The van der Waals surface area contributed by atoms with Crippen molar-refractivity contribution >= 4 is 15.9 Å². The van der Waals surface area contributed by atoms with Crippen LogP contribution in [0.15, 0.2) is 0 Å². The number of hydrogen-bond acceptors (Lipinski definition) is 4. The van der Waals surface area contributed by atoms with Crippen LogP contribution in [0.25, 0.3) is 0 Å². The van der Waals surface area contributed by atoms with E-state index in [1.54, 1.807) is 6.92 Å². The number of nitrogens with one attached hydrogen (secondary N) is 2. The summed E-state index contributed by atoms with van der Waals surface area (Å²) < 4.78 is 25.1. The van der Waals surface area contributed by atoms with Crippen LogP contribution in [0.2, 0.25) is 0 Å². The van der Waals surface area contributed by atoms with Gasteiger partial charge in [-0.15, -0.1) is 0 Å². The smallest absolute Gasteiger partial charge is 0.224 e. The van der Waals surface area contributed by atoms with Gasteiger partial charge in [-0.2, -0.15) is 0 Å². The lowest BCUT2D eigenvalue weighted by atomic mass is 9.97. The quantitative estimate of drug-likeness (QED) is 0.761. The zero-order chi connectivity index (χ0) is 14.6. The monoisotopic (exact) mass is 303 g/mol. The van der Waals surface area contributed by atoms with Gasteiger partial charge in [-0.25, -0.2) is 12.7 Å². The van der Waals surface area contributed by atoms with Crippen LogP contribution in [0.3, 0.4) is 0 Å². The summed E-state index contributed by atoms with van der Waals surface area (Å²) in [6.45, 7) is 4.46. The summed E-state index contributed by atoms with van der Waals surface area (Å²) in [5.74, 6) is 0.341. The molecule has 0 aromatic heterocycles. The first-order valence-electron chi connectivity index (χ1n) is 7.52. The van der Waals surface area contributed by atoms with E-state index in [0.29, 0.717) is 25.9 Å². The van der Waals surface area contributed by atoms with Crippen LogP contribution in [-0.2, 0) is 14.8 Å². The Hall–Kier alpha value is -0.660. The van der Waals surface area contributed by atoms with Crippen LogP contribution in [0.1, 0.15) is 32.6 Å². The van der Waals surface area contributed by atoms with Crippen molar-refractivity contribution < 1.29 is 13.2 Å². The molecule has 2 aliphatic heterocycles. The van der Waals surface area contributed by atoms with E-state index in [-0.39, 0.29) is 23.6 Å². The molecular formula is C13H25N3O3S. The molecule has 0 bridgehead atoms. The van der Waals surface area contributed by atoms with Crippen molar-refractivity contribution in [2.75, 3.05) is 31.9 Å². The third kappa shape index (κ3) is 3.93. The van der Waals surface area contributed by atoms with Gasteiger partial charge in [0.2, 0.25) is 15.9 Å². The maximum absolute atomic E-state index is 12.1. The molecule has 116 valence electrons. The minimum atomic E-state index is -3.08. The van der Waals surface area contributed by atoms with E-state index in [1.165, 1.54) is 4.31 Å². The van der Waals surface area contributed by atoms with Crippen molar-refractivity contribution in [2.45, 2.75) is 38.6 Å². The van der Waals surface area contributed by atoms with Gasteiger partial charge in [-0.1, -0.05) is 0 Å². The van der Waals surface area contributed by atoms with Gasteiger partial charge in [0, 0.05) is 25.7 Å². The van der Waals surface area contributed by atoms with Crippen LogP contribution in [0.5, 0.6) is 0 Å². The molecule has 7 heteroatoms. The van der Waals surface area contributed by atoms with Gasteiger partial charge in [-0.05, 0) is 39.2 Å². The van der Waals surface area contributed by atoms with Gasteiger partial charge in [0.25, 0.3) is 0 Å². The lowest BCUT2D eigenvalue weighted by Gasteiger charge is -2.32. The highest BCUT2D eigenvalue weighted by Crippen LogP contribution is 2.16. The lowest BCUT2D eigenvalue weighted by Crippen LogP contribution is -2.49. The molecule has 0 radical (unpaired) electrons. The molecule has 0 unspecified atom stereocenters. The highest BCUT2D eigenvalue weighted by atomic mass is 32.2. The van der Waals surface area contributed by atoms with Gasteiger partial charge in [0.1, 0.15) is 0 Å². The van der Waals surface area contributed by atoms with E-state index < -0.39 is 10.0 Å². The molecule has 0 spiro atoms. The number of carbonyl (C=O) groups is 1. The van der Waals surface area contributed by atoms with Gasteiger partial charge in [0.15, 0.2) is 0 Å². The first kappa shape index (κ1) is 15.7. The Morgan fingerprint density at radius 3 is 2.55 bits per heavy atom. The van der Waals surface area contributed by atoms with Crippen LogP contribution in [0, 0.1) is 5.92 Å². The molecule has 1 amide bonds. The molecule has 0 aromatic carbocycles. The molecule has 0 saturated carbocycles. The summed E-state index contributed by atoms with van der Waals surface area (Å²) in [5.41, 5.74) is 0. The summed E-state index contributed by atoms with van der Waals surface area (Å²) in [4.78, 5) is 12.1. The predicted octanol–water partition coefficient (Wildman–Crippen LogP) is -0.0837. The maximum Gasteiger partial charge on any atom is 0.224 e. The number of sulfonamides is 1. The molecule has 0 aromatic rings. The van der Waals surface area contributed by atoms with Crippen molar-refractivity contribution in [3.05, 3.63) is 0 Å². The molecule has 20 heavy (non-hydrogen) atoms. The zero-order valence-corrected chi connectivity index (χ0v) is 12.9. The molecule has 2 rings (SSSR count). The van der Waals surface area contributed by atoms with Crippen molar-refractivity contribution in [2.24, 2.45) is 5.92 Å². The van der Waals surface area contributed by atoms with Crippen LogP contribution >= 0.6 is 0 Å². The van der Waals surface area contributed by atoms with Crippen LogP contribution < -0.4 is 10.6 Å². The second-order valence-corrected chi connectivity index (χ2v) is 7.88. The first-order chi connectivity index (χ1) is 9.53. The Morgan fingerprint density at radius 2 is 2.00 bits per heavy atom. The molecule has 0 aliphatic carbocycles. The molecule has 1 atom stereocenters. The second kappa shape index (κ2) is 6.87. The summed E-state index contributed by atoms with van der Waals surface area (Å²) in [7, 11) is -3.08. The number of carbonyl (C=O) groups excluding carboxylic acids is 1. The highest BCUT2D eigenvalue weighted by molar-refractivity contribution is 7.89. The number of rotatable bonds is 4. The van der Waals surface area contributed by atoms with Crippen molar-refractivity contribution in [1.29, 1.82) is 0 Å². The first-order valence-corrected chi connectivity index (χ1v) is 9.12. The Kier molecular flexibility index (Phi) is 5.40. The third-order valence-corrected chi connectivity index (χ3v) is 6.11. The van der Waals surface area contributed by atoms with Crippen molar-refractivity contribution in [3.63, 3.8) is 0 Å². The SMILES string of the molecule is CCS(=O)(=O)N1CCC(NC(=O)[C@@H]2CCCNC2)CC1. The lowest BCUT2D eigenvalue weighted by molar-refractivity contribution is -0.126. The van der Waals surface area contributed by atoms with E-state index in [0.717, 1.165) is 25.9 Å². The van der Waals surface area contributed by atoms with Gasteiger partial charge in [-0.3, -0.25) is 4.79 Å². The molecule has 2 saturated heterocycles. The highest BCUT2D eigenvalue weighted by Gasteiger charge is 2.29. The summed E-state index contributed by atoms with van der Waals surface area (Å²) in [6, 6.07) is 0.118. The van der Waals surface area contributed by atoms with Gasteiger partial charge >= 0.3 is 0 Å². The Balaban J connectivity index is 1.78. The summed E-state index contributed by atoms with van der Waals surface area (Å²) >= 11 is 0. The second-order valence-electron chi connectivity index (χ2n) is 5.63. The Morgan fingerprint density at radius 1 is 1.30 bits per heavy atom. The Bertz CT molecular complexity index is 424. The number of piperidine rings is 2. The average molecular weight is 303 g/mol. The molecule has 2 fully saturated rings. The maximum atomic E-state index is 12.1. The van der Waals surface area contributed by atoms with Crippen molar-refractivity contribution in [3.8, 4) is 0 Å². The van der Waals surface area contributed by atoms with Crippen LogP contribution in [0.4, 0.5) is 0 Å². The van der Waals surface area contributed by atoms with E-state index in [9.17, 15) is 13.2 Å². The predicted molar refractivity (Wildman–Crippen MR) is 77.8 cm³/mol. The average Bonchev–Trinajstić information content (AvgIpc) is 2.48. The largest absolute Gasteiger partial charge is 0.353 e. The number of nitrogens with zero attached hydrogens (tertiary/aromatic N) is 1. The molecule has 2 aliphatic rings. The van der Waals surface area contributed by atoms with E-state index in [1.807, 2.05) is 0 Å². The minimum Gasteiger partial charge on any atom is -0.353 e. The van der Waals surface area contributed by atoms with Crippen LogP contribution in [-0.4, -0.2) is 56.6 Å². The van der Waals surface area contributed by atoms with Crippen molar-refractivity contribution in [1.82, 2.24) is 14.9 Å². The van der Waals surface area contributed by atoms with Gasteiger partial charge < -0.3 is 10.6 Å². The summed E-state index contributed by atoms with van der Waals surface area (Å²) in [5, 5.41) is 6.32. The molecular weight excluding hydrogens is 278 g/mol. The summed E-state index contributed by atoms with van der Waals surface area (Å²) in [6.07, 6.45) is 3.42. The Labute approximate surface area is 121 Å². The fourth-order valence-electron chi connectivity index (χ4n) is 2.86.